The first-order valence-electron chi connectivity index (χ1n) is 8.15. The number of hydrogen-bond acceptors (Lipinski definition) is 3. The molecular weight excluding hydrogens is 324 g/mol. The van der Waals surface area contributed by atoms with Crippen molar-refractivity contribution in [3.63, 3.8) is 0 Å². The van der Waals surface area contributed by atoms with Crippen molar-refractivity contribution in [1.82, 2.24) is 10.6 Å². The van der Waals surface area contributed by atoms with E-state index in [-0.39, 0.29) is 11.9 Å². The van der Waals surface area contributed by atoms with Gasteiger partial charge in [-0.05, 0) is 48.4 Å². The lowest BCUT2D eigenvalue weighted by molar-refractivity contribution is -0.121. The van der Waals surface area contributed by atoms with Crippen molar-refractivity contribution in [3.8, 4) is 5.75 Å². The van der Waals surface area contributed by atoms with E-state index in [0.29, 0.717) is 18.1 Å². The first-order chi connectivity index (χ1) is 11.7. The quantitative estimate of drug-likeness (QED) is 0.847. The maximum atomic E-state index is 12.1. The Labute approximate surface area is 147 Å². The van der Waals surface area contributed by atoms with Gasteiger partial charge in [0.15, 0.2) is 0 Å². The maximum Gasteiger partial charge on any atom is 0.224 e. The topological polar surface area (TPSA) is 50.4 Å². The Bertz CT molecular complexity index is 699. The molecule has 0 aliphatic carbocycles. The monoisotopic (exact) mass is 344 g/mol. The van der Waals surface area contributed by atoms with E-state index in [2.05, 4.69) is 10.6 Å². The first kappa shape index (κ1) is 16.8. The lowest BCUT2D eigenvalue weighted by Gasteiger charge is -2.12. The van der Waals surface area contributed by atoms with Crippen LogP contribution in [0.2, 0.25) is 5.02 Å². The van der Waals surface area contributed by atoms with Crippen molar-refractivity contribution in [3.05, 3.63) is 64.7 Å². The van der Waals surface area contributed by atoms with Gasteiger partial charge in [-0.15, -0.1) is 0 Å². The number of nitrogens with one attached hydrogen (secondary N) is 2. The van der Waals surface area contributed by atoms with Crippen molar-refractivity contribution in [2.24, 2.45) is 0 Å². The van der Waals surface area contributed by atoms with Crippen LogP contribution in [0.25, 0.3) is 0 Å². The molecule has 126 valence electrons. The number of amides is 1. The van der Waals surface area contributed by atoms with Gasteiger partial charge in [0.25, 0.3) is 0 Å². The molecule has 0 saturated carbocycles. The molecule has 1 fully saturated rings. The standard InChI is InChI=1S/C19H21ClN2O2/c20-16-5-1-4-15(9-16)13-24-18-6-2-3-14(10-18)11-19(23)22-17-7-8-21-12-17/h1-6,9-10,17,21H,7-8,11-13H2,(H,22,23). The van der Waals surface area contributed by atoms with Crippen LogP contribution in [0.5, 0.6) is 5.75 Å². The van der Waals surface area contributed by atoms with Crippen LogP contribution in [0.3, 0.4) is 0 Å². The van der Waals surface area contributed by atoms with Crippen molar-refractivity contribution < 1.29 is 9.53 Å². The van der Waals surface area contributed by atoms with Crippen molar-refractivity contribution in [2.75, 3.05) is 13.1 Å². The molecule has 1 unspecified atom stereocenters. The normalized spacial score (nSPS) is 16.8. The summed E-state index contributed by atoms with van der Waals surface area (Å²) in [4.78, 5) is 12.1. The molecule has 1 aliphatic rings. The average Bonchev–Trinajstić information content (AvgIpc) is 3.06. The fourth-order valence-corrected chi connectivity index (χ4v) is 2.99. The summed E-state index contributed by atoms with van der Waals surface area (Å²) < 4.78 is 5.80. The van der Waals surface area contributed by atoms with E-state index in [1.165, 1.54) is 0 Å². The van der Waals surface area contributed by atoms with Crippen LogP contribution >= 0.6 is 11.6 Å². The summed E-state index contributed by atoms with van der Waals surface area (Å²) in [6, 6.07) is 15.5. The van der Waals surface area contributed by atoms with Crippen LogP contribution in [-0.4, -0.2) is 25.0 Å². The molecule has 1 atom stereocenters. The highest BCUT2D eigenvalue weighted by atomic mass is 35.5. The lowest BCUT2D eigenvalue weighted by atomic mass is 10.1. The number of rotatable bonds is 6. The summed E-state index contributed by atoms with van der Waals surface area (Å²) >= 11 is 5.97. The second-order valence-corrected chi connectivity index (χ2v) is 6.44. The maximum absolute atomic E-state index is 12.1. The zero-order chi connectivity index (χ0) is 16.8. The molecule has 2 aromatic rings. The smallest absolute Gasteiger partial charge is 0.224 e. The molecule has 3 rings (SSSR count). The van der Waals surface area contributed by atoms with Crippen LogP contribution in [-0.2, 0) is 17.8 Å². The molecule has 4 nitrogen and oxygen atoms in total. The van der Waals surface area contributed by atoms with Gasteiger partial charge in [0.05, 0.1) is 6.42 Å². The fraction of sp³-hybridized carbons (Fsp3) is 0.316. The molecule has 1 amide bonds. The molecule has 0 bridgehead atoms. The Morgan fingerprint density at radius 2 is 2.04 bits per heavy atom. The summed E-state index contributed by atoms with van der Waals surface area (Å²) in [5.74, 6) is 0.804. The third kappa shape index (κ3) is 4.98. The summed E-state index contributed by atoms with van der Waals surface area (Å²) in [5.41, 5.74) is 1.96. The highest BCUT2D eigenvalue weighted by Gasteiger charge is 2.16. The fourth-order valence-electron chi connectivity index (χ4n) is 2.78. The van der Waals surface area contributed by atoms with E-state index >= 15 is 0 Å². The van der Waals surface area contributed by atoms with Gasteiger partial charge in [0.1, 0.15) is 12.4 Å². The zero-order valence-electron chi connectivity index (χ0n) is 13.4. The van der Waals surface area contributed by atoms with Gasteiger partial charge in [-0.3, -0.25) is 4.79 Å². The number of carbonyl (C=O) groups excluding carboxylic acids is 1. The van der Waals surface area contributed by atoms with E-state index in [9.17, 15) is 4.79 Å². The Balaban J connectivity index is 1.54. The van der Waals surface area contributed by atoms with Crippen molar-refractivity contribution >= 4 is 17.5 Å². The number of carbonyl (C=O) groups is 1. The Kier molecular flexibility index (Phi) is 5.72. The molecule has 0 radical (unpaired) electrons. The molecule has 1 heterocycles. The predicted octanol–water partition coefficient (Wildman–Crippen LogP) is 2.94. The molecular formula is C19H21ClN2O2. The largest absolute Gasteiger partial charge is 0.489 e. The van der Waals surface area contributed by atoms with E-state index in [0.717, 1.165) is 36.4 Å². The van der Waals surface area contributed by atoms with Gasteiger partial charge in [-0.25, -0.2) is 0 Å². The minimum absolute atomic E-state index is 0.0516. The first-order valence-corrected chi connectivity index (χ1v) is 8.53. The molecule has 24 heavy (non-hydrogen) atoms. The number of ether oxygens (including phenoxy) is 1. The van der Waals surface area contributed by atoms with Gasteiger partial charge >= 0.3 is 0 Å². The number of benzene rings is 2. The minimum atomic E-state index is 0.0516. The summed E-state index contributed by atoms with van der Waals surface area (Å²) in [5, 5.41) is 6.99. The molecule has 2 N–H and O–H groups in total. The Hall–Kier alpha value is -2.04. The molecule has 2 aromatic carbocycles. The van der Waals surface area contributed by atoms with Crippen LogP contribution in [0, 0.1) is 0 Å². The molecule has 1 saturated heterocycles. The van der Waals surface area contributed by atoms with Crippen molar-refractivity contribution in [1.29, 1.82) is 0 Å². The van der Waals surface area contributed by atoms with Crippen LogP contribution in [0.4, 0.5) is 0 Å². The summed E-state index contributed by atoms with van der Waals surface area (Å²) in [6.45, 7) is 2.27. The van der Waals surface area contributed by atoms with E-state index in [1.54, 1.807) is 0 Å². The van der Waals surface area contributed by atoms with E-state index < -0.39 is 0 Å². The minimum Gasteiger partial charge on any atom is -0.489 e. The van der Waals surface area contributed by atoms with Crippen molar-refractivity contribution in [2.45, 2.75) is 25.5 Å². The second-order valence-electron chi connectivity index (χ2n) is 6.00. The van der Waals surface area contributed by atoms with E-state index in [4.69, 9.17) is 16.3 Å². The Morgan fingerprint density at radius 3 is 2.83 bits per heavy atom. The second kappa shape index (κ2) is 8.18. The summed E-state index contributed by atoms with van der Waals surface area (Å²) in [7, 11) is 0. The zero-order valence-corrected chi connectivity index (χ0v) is 14.2. The highest BCUT2D eigenvalue weighted by Crippen LogP contribution is 2.17. The lowest BCUT2D eigenvalue weighted by Crippen LogP contribution is -2.37. The predicted molar refractivity (Wildman–Crippen MR) is 95.3 cm³/mol. The summed E-state index contributed by atoms with van der Waals surface area (Å²) in [6.07, 6.45) is 1.36. The van der Waals surface area contributed by atoms with Gasteiger partial charge < -0.3 is 15.4 Å². The molecule has 0 aromatic heterocycles. The highest BCUT2D eigenvalue weighted by molar-refractivity contribution is 6.30. The van der Waals surface area contributed by atoms with Crippen LogP contribution in [0.15, 0.2) is 48.5 Å². The van der Waals surface area contributed by atoms with Gasteiger partial charge in [0.2, 0.25) is 5.91 Å². The Morgan fingerprint density at radius 1 is 1.21 bits per heavy atom. The third-order valence-electron chi connectivity index (χ3n) is 3.98. The molecule has 0 spiro atoms. The molecule has 1 aliphatic heterocycles. The average molecular weight is 345 g/mol. The third-order valence-corrected chi connectivity index (χ3v) is 4.22. The number of halogens is 1. The van der Waals surface area contributed by atoms with E-state index in [1.807, 2.05) is 48.5 Å². The number of hydrogen-bond donors (Lipinski definition) is 2. The van der Waals surface area contributed by atoms with Crippen LogP contribution in [0.1, 0.15) is 17.5 Å². The molecule has 5 heteroatoms. The van der Waals surface area contributed by atoms with Crippen LogP contribution < -0.4 is 15.4 Å². The van der Waals surface area contributed by atoms with Gasteiger partial charge in [-0.1, -0.05) is 35.9 Å². The van der Waals surface area contributed by atoms with Gasteiger partial charge in [0, 0.05) is 17.6 Å². The van der Waals surface area contributed by atoms with Gasteiger partial charge in [-0.2, -0.15) is 0 Å². The SMILES string of the molecule is O=C(Cc1cccc(OCc2cccc(Cl)c2)c1)NC1CCNC1.